The first-order chi connectivity index (χ1) is 24.7. The van der Waals surface area contributed by atoms with Gasteiger partial charge in [0.15, 0.2) is 5.15 Å². The standard InChI is InChI=1S/C37H38Cl2N6O6/c1-49-34-20(15-40-16-22-10-14-31(46)41-22)9-12-28(43-34)27-8-4-7-26(32(27)38)23-5-3-6-25-24(23)11-13-30(25)51-36-33(39)42-29(35(44-36)50-2)19-45-17-21(18-45)37(47)48/h3-9,12,21-22,30,40H,10-11,13-19H2,1-2H3,(H,41,46)(H,47,48)/t22-,30-/m0/s1. The van der Waals surface area contributed by atoms with E-state index >= 15 is 0 Å². The number of halogens is 2. The Morgan fingerprint density at radius 1 is 0.941 bits per heavy atom. The number of carboxylic acids is 1. The van der Waals surface area contributed by atoms with Gasteiger partial charge in [0.25, 0.3) is 5.88 Å². The molecule has 2 atom stereocenters. The molecule has 266 valence electrons. The minimum absolute atomic E-state index is 0.0966. The van der Waals surface area contributed by atoms with Crippen LogP contribution in [0.4, 0.5) is 0 Å². The normalized spacial score (nSPS) is 18.6. The smallest absolute Gasteiger partial charge is 0.309 e. The average Bonchev–Trinajstić information content (AvgIpc) is 3.72. The summed E-state index contributed by atoms with van der Waals surface area (Å²) in [4.78, 5) is 38.6. The van der Waals surface area contributed by atoms with Gasteiger partial charge in [-0.3, -0.25) is 14.5 Å². The Morgan fingerprint density at radius 3 is 2.45 bits per heavy atom. The van der Waals surface area contributed by atoms with Crippen molar-refractivity contribution in [3.05, 3.63) is 81.1 Å². The molecule has 4 aromatic rings. The van der Waals surface area contributed by atoms with Crippen molar-refractivity contribution >= 4 is 35.1 Å². The number of carbonyl (C=O) groups excluding carboxylic acids is 1. The zero-order valence-corrected chi connectivity index (χ0v) is 29.8. The first kappa shape index (κ1) is 34.9. The maximum absolute atomic E-state index is 11.5. The highest BCUT2D eigenvalue weighted by Gasteiger charge is 2.34. The number of pyridine rings is 1. The Kier molecular flexibility index (Phi) is 10.3. The Labute approximate surface area is 305 Å². The summed E-state index contributed by atoms with van der Waals surface area (Å²) >= 11 is 13.7. The lowest BCUT2D eigenvalue weighted by Crippen LogP contribution is -2.49. The van der Waals surface area contributed by atoms with Gasteiger partial charge in [0, 0.05) is 61.9 Å². The van der Waals surface area contributed by atoms with Crippen LogP contribution < -0.4 is 24.8 Å². The molecule has 51 heavy (non-hydrogen) atoms. The van der Waals surface area contributed by atoms with Gasteiger partial charge in [0.1, 0.15) is 11.8 Å². The quantitative estimate of drug-likeness (QED) is 0.161. The molecule has 3 N–H and O–H groups in total. The van der Waals surface area contributed by atoms with Crippen molar-refractivity contribution in [3.63, 3.8) is 0 Å². The van der Waals surface area contributed by atoms with Gasteiger partial charge >= 0.3 is 5.97 Å². The van der Waals surface area contributed by atoms with Gasteiger partial charge in [-0.05, 0) is 42.0 Å². The summed E-state index contributed by atoms with van der Waals surface area (Å²) in [7, 11) is 3.11. The number of hydrogen-bond acceptors (Lipinski definition) is 10. The van der Waals surface area contributed by atoms with Crippen molar-refractivity contribution in [2.75, 3.05) is 33.9 Å². The number of ether oxygens (including phenoxy) is 3. The van der Waals surface area contributed by atoms with Crippen LogP contribution in [0.15, 0.2) is 48.5 Å². The van der Waals surface area contributed by atoms with E-state index in [2.05, 4.69) is 26.7 Å². The van der Waals surface area contributed by atoms with E-state index in [9.17, 15) is 14.7 Å². The van der Waals surface area contributed by atoms with Crippen LogP contribution in [-0.2, 0) is 29.1 Å². The van der Waals surface area contributed by atoms with Crippen LogP contribution >= 0.6 is 23.2 Å². The monoisotopic (exact) mass is 732 g/mol. The van der Waals surface area contributed by atoms with Crippen molar-refractivity contribution < 1.29 is 28.9 Å². The van der Waals surface area contributed by atoms with Crippen LogP contribution in [0, 0.1) is 5.92 Å². The maximum atomic E-state index is 11.5. The molecule has 3 aliphatic rings. The van der Waals surface area contributed by atoms with Gasteiger partial charge < -0.3 is 30.0 Å². The van der Waals surface area contributed by atoms with Gasteiger partial charge in [0.05, 0.1) is 30.9 Å². The average molecular weight is 734 g/mol. The number of benzene rings is 2. The predicted octanol–water partition coefficient (Wildman–Crippen LogP) is 5.48. The number of nitrogens with zero attached hydrogens (tertiary/aromatic N) is 4. The van der Waals surface area contributed by atoms with E-state index in [1.54, 1.807) is 7.11 Å². The maximum Gasteiger partial charge on any atom is 0.309 e. The van der Waals surface area contributed by atoms with Crippen LogP contribution in [0.25, 0.3) is 22.4 Å². The molecule has 2 saturated heterocycles. The van der Waals surface area contributed by atoms with Gasteiger partial charge in [-0.25, -0.2) is 9.97 Å². The second kappa shape index (κ2) is 15.0. The van der Waals surface area contributed by atoms with Crippen molar-refractivity contribution in [1.29, 1.82) is 0 Å². The third-order valence-corrected chi connectivity index (χ3v) is 10.3. The lowest BCUT2D eigenvalue weighted by molar-refractivity contribution is -0.147. The molecule has 2 aromatic heterocycles. The molecule has 12 nitrogen and oxygen atoms in total. The molecule has 0 unspecified atom stereocenters. The van der Waals surface area contributed by atoms with E-state index < -0.39 is 5.97 Å². The fraction of sp³-hybridized carbons (Fsp3) is 0.378. The third kappa shape index (κ3) is 7.32. The van der Waals surface area contributed by atoms with Crippen LogP contribution in [-0.4, -0.2) is 76.7 Å². The van der Waals surface area contributed by atoms with Crippen LogP contribution in [0.5, 0.6) is 17.6 Å². The first-order valence-corrected chi connectivity index (χ1v) is 17.6. The highest BCUT2D eigenvalue weighted by molar-refractivity contribution is 6.36. The number of hydrogen-bond donors (Lipinski definition) is 3. The Bertz CT molecular complexity index is 1970. The minimum atomic E-state index is -0.804. The lowest BCUT2D eigenvalue weighted by atomic mass is 9.94. The molecule has 2 aliphatic heterocycles. The summed E-state index contributed by atoms with van der Waals surface area (Å²) in [6, 6.07) is 16.1. The first-order valence-electron chi connectivity index (χ1n) is 16.9. The second-order valence-corrected chi connectivity index (χ2v) is 13.7. The molecule has 1 aliphatic carbocycles. The molecule has 7 rings (SSSR count). The van der Waals surface area contributed by atoms with Gasteiger partial charge in [-0.15, -0.1) is 0 Å². The van der Waals surface area contributed by atoms with E-state index in [-0.39, 0.29) is 40.9 Å². The summed E-state index contributed by atoms with van der Waals surface area (Å²) in [5.41, 5.74) is 6.96. The zero-order chi connectivity index (χ0) is 35.6. The summed E-state index contributed by atoms with van der Waals surface area (Å²) in [6.45, 7) is 2.47. The summed E-state index contributed by atoms with van der Waals surface area (Å²) in [6.07, 6.45) is 2.55. The van der Waals surface area contributed by atoms with Crippen LogP contribution in [0.1, 0.15) is 47.8 Å². The number of fused-ring (bicyclic) bond motifs is 1. The fourth-order valence-corrected chi connectivity index (χ4v) is 7.54. The minimum Gasteiger partial charge on any atom is -0.481 e. The molecule has 14 heteroatoms. The Morgan fingerprint density at radius 2 is 1.71 bits per heavy atom. The van der Waals surface area contributed by atoms with Crippen molar-refractivity contribution in [1.82, 2.24) is 30.5 Å². The van der Waals surface area contributed by atoms with Crippen LogP contribution in [0.2, 0.25) is 10.2 Å². The molecule has 2 aromatic carbocycles. The van der Waals surface area contributed by atoms with Crippen LogP contribution in [0.3, 0.4) is 0 Å². The summed E-state index contributed by atoms with van der Waals surface area (Å²) < 4.78 is 17.6. The number of aliphatic carboxylic acids is 1. The van der Waals surface area contributed by atoms with Gasteiger partial charge in [0.2, 0.25) is 17.7 Å². The Hall–Kier alpha value is -4.49. The molecular formula is C37H38Cl2N6O6. The SMILES string of the molecule is COc1nc(-c2cccc(-c3cccc4c3CC[C@@H]4Oc3nc(OC)c(CN4CC(C(=O)O)C4)nc3Cl)c2Cl)ccc1CNC[C@@H]1CCC(=O)N1. The molecule has 2 fully saturated rings. The van der Waals surface area contributed by atoms with E-state index in [1.807, 2.05) is 47.4 Å². The van der Waals surface area contributed by atoms with E-state index in [0.29, 0.717) is 67.9 Å². The van der Waals surface area contributed by atoms with Crippen molar-refractivity contribution in [2.45, 2.75) is 50.9 Å². The zero-order valence-electron chi connectivity index (χ0n) is 28.2. The summed E-state index contributed by atoms with van der Waals surface area (Å²) in [5, 5.41) is 16.3. The van der Waals surface area contributed by atoms with Gasteiger partial charge in [-0.1, -0.05) is 65.7 Å². The number of rotatable bonds is 13. The number of methoxy groups -OCH3 is 2. The largest absolute Gasteiger partial charge is 0.481 e. The van der Waals surface area contributed by atoms with Gasteiger partial charge in [-0.2, -0.15) is 4.98 Å². The highest BCUT2D eigenvalue weighted by Crippen LogP contribution is 2.44. The Balaban J connectivity index is 1.08. The summed E-state index contributed by atoms with van der Waals surface area (Å²) in [5.74, 6) is -0.113. The highest BCUT2D eigenvalue weighted by atomic mass is 35.5. The number of carboxylic acid groups (broad SMARTS) is 1. The molecular weight excluding hydrogens is 695 g/mol. The number of aromatic nitrogens is 3. The van der Waals surface area contributed by atoms with E-state index in [1.165, 1.54) is 7.11 Å². The van der Waals surface area contributed by atoms with E-state index in [4.69, 9.17) is 42.4 Å². The number of likely N-dealkylation sites (tertiary alicyclic amines) is 1. The molecule has 0 saturated carbocycles. The molecule has 0 radical (unpaired) electrons. The van der Waals surface area contributed by atoms with E-state index in [0.717, 1.165) is 46.2 Å². The predicted molar refractivity (Wildman–Crippen MR) is 191 cm³/mol. The number of nitrogens with one attached hydrogen (secondary N) is 2. The number of amides is 1. The molecule has 1 amide bonds. The lowest BCUT2D eigenvalue weighted by Gasteiger charge is -2.36. The second-order valence-electron chi connectivity index (χ2n) is 13.0. The molecule has 4 heterocycles. The fourth-order valence-electron chi connectivity index (χ4n) is 7.03. The topological polar surface area (TPSA) is 148 Å². The third-order valence-electron chi connectivity index (χ3n) is 9.69. The van der Waals surface area contributed by atoms with Crippen molar-refractivity contribution in [3.8, 4) is 40.0 Å². The molecule has 0 spiro atoms. The molecule has 0 bridgehead atoms. The number of carbonyl (C=O) groups is 2. The van der Waals surface area contributed by atoms with Crippen molar-refractivity contribution in [2.24, 2.45) is 5.92 Å².